The van der Waals surface area contributed by atoms with Gasteiger partial charge in [-0.1, -0.05) is 53.2 Å². The zero-order chi connectivity index (χ0) is 54.7. The molecule has 5 aliphatic carbocycles. The Labute approximate surface area is 438 Å². The van der Waals surface area contributed by atoms with E-state index in [2.05, 4.69) is 40.7 Å². The first-order chi connectivity index (χ1) is 35.2. The quantitative estimate of drug-likeness (QED) is 0.0746. The predicted octanol–water partition coefficient (Wildman–Crippen LogP) is -1.95. The summed E-state index contributed by atoms with van der Waals surface area (Å²) >= 11 is 0. The third kappa shape index (κ3) is 9.54. The van der Waals surface area contributed by atoms with Crippen molar-refractivity contribution >= 4 is 0 Å². The van der Waals surface area contributed by atoms with Gasteiger partial charge in [-0.05, 0) is 104 Å². The average Bonchev–Trinajstić information content (AvgIpc) is 3.37. The van der Waals surface area contributed by atoms with Gasteiger partial charge in [0, 0.05) is 10.8 Å². The molecule has 0 spiro atoms. The number of aliphatic hydroxyl groups is 14. The molecular formula is C53H88O22. The maximum Gasteiger partial charge on any atom is 0.187 e. The summed E-state index contributed by atoms with van der Waals surface area (Å²) in [6, 6.07) is 0. The van der Waals surface area contributed by atoms with E-state index in [0.29, 0.717) is 25.7 Å². The summed E-state index contributed by atoms with van der Waals surface area (Å²) in [4.78, 5) is 0. The van der Waals surface area contributed by atoms with Crippen molar-refractivity contribution in [1.29, 1.82) is 0 Å². The lowest BCUT2D eigenvalue weighted by Gasteiger charge is -2.72. The number of fused-ring (bicyclic) bond motifs is 7. The third-order valence-corrected chi connectivity index (χ3v) is 21.5. The fraction of sp³-hybridized carbons (Fsp3) is 0.962. The van der Waals surface area contributed by atoms with Gasteiger partial charge in [0.15, 0.2) is 25.2 Å². The van der Waals surface area contributed by atoms with Gasteiger partial charge in [0.1, 0.15) is 85.5 Å². The molecule has 0 aromatic rings. The Bertz CT molecular complexity index is 2020. The van der Waals surface area contributed by atoms with Crippen LogP contribution in [0.2, 0.25) is 0 Å². The molecule has 22 nitrogen and oxygen atoms in total. The summed E-state index contributed by atoms with van der Waals surface area (Å²) < 4.78 is 48.5. The van der Waals surface area contributed by atoms with Crippen molar-refractivity contribution in [3.05, 3.63) is 11.6 Å². The number of hydrogen-bond donors (Lipinski definition) is 14. The van der Waals surface area contributed by atoms with E-state index in [-0.39, 0.29) is 47.2 Å². The molecule has 4 heterocycles. The van der Waals surface area contributed by atoms with Crippen LogP contribution < -0.4 is 0 Å². The van der Waals surface area contributed by atoms with E-state index in [1.54, 1.807) is 0 Å². The highest BCUT2D eigenvalue weighted by atomic mass is 16.8. The lowest BCUT2D eigenvalue weighted by molar-refractivity contribution is -0.389. The lowest BCUT2D eigenvalue weighted by atomic mass is 9.33. The van der Waals surface area contributed by atoms with Crippen molar-refractivity contribution in [3.63, 3.8) is 0 Å². The minimum Gasteiger partial charge on any atom is -0.396 e. The number of hydrogen-bond acceptors (Lipinski definition) is 22. The number of rotatable bonds is 12. The molecule has 4 aliphatic heterocycles. The van der Waals surface area contributed by atoms with E-state index >= 15 is 0 Å². The van der Waals surface area contributed by atoms with Crippen LogP contribution >= 0.6 is 0 Å². The Balaban J connectivity index is 0.944. The first kappa shape index (κ1) is 58.5. The molecule has 0 bridgehead atoms. The van der Waals surface area contributed by atoms with E-state index in [1.807, 2.05) is 6.92 Å². The molecule has 4 saturated heterocycles. The fourth-order valence-electron chi connectivity index (χ4n) is 16.3. The second-order valence-electron chi connectivity index (χ2n) is 25.8. The molecule has 9 aliphatic rings. The number of ether oxygens (including phenoxy) is 8. The summed E-state index contributed by atoms with van der Waals surface area (Å²) in [6.45, 7) is 12.9. The van der Waals surface area contributed by atoms with Gasteiger partial charge in [-0.3, -0.25) is 0 Å². The first-order valence-corrected chi connectivity index (χ1v) is 27.3. The molecule has 8 fully saturated rings. The summed E-state index contributed by atoms with van der Waals surface area (Å²) in [7, 11) is 0. The zero-order valence-corrected chi connectivity index (χ0v) is 44.4. The van der Waals surface area contributed by atoms with E-state index in [9.17, 15) is 71.5 Å². The van der Waals surface area contributed by atoms with E-state index in [4.69, 9.17) is 37.9 Å². The number of allylic oxidation sites excluding steroid dienone is 2. The van der Waals surface area contributed by atoms with Crippen LogP contribution in [0.5, 0.6) is 0 Å². The SMILES string of the molecule is C[C@@H]1O[C@@H](O[C@H]2[C@H](O[C@H]3[C@H](O[C@H]4CC[C@@]5(C)[C@@H](CC[C@]6(C)[C@@H]5CC=C5[C@@H]7C[C@](C)(CO[C@@H]8O[C@H](CO)[C@@H](O)[C@H](O)[C@H]8O)C[C@@H](O)[C@]7(C)CC[C@]56C)[C@]4(C)CO)O[C@H](CO)[C@@H](O)[C@@H]3O)OC[C@@H](O)[C@@H]2O)[C@H](O)[C@H](O)[C@H]1O. The van der Waals surface area contributed by atoms with Crippen LogP contribution in [-0.2, 0) is 37.9 Å². The Kier molecular flexibility index (Phi) is 16.6. The zero-order valence-electron chi connectivity index (χ0n) is 44.4. The molecule has 0 radical (unpaired) electrons. The van der Waals surface area contributed by atoms with E-state index < -0.39 is 165 Å². The van der Waals surface area contributed by atoms with Crippen molar-refractivity contribution in [1.82, 2.24) is 0 Å². The topological polar surface area (TPSA) is 357 Å². The predicted molar refractivity (Wildman–Crippen MR) is 258 cm³/mol. The summed E-state index contributed by atoms with van der Waals surface area (Å²) in [5.74, 6) is 0.0785. The van der Waals surface area contributed by atoms with Gasteiger partial charge in [0.25, 0.3) is 0 Å². The normalized spacial score (nSPS) is 57.2. The Morgan fingerprint density at radius 2 is 1.19 bits per heavy atom. The van der Waals surface area contributed by atoms with Gasteiger partial charge < -0.3 is 109 Å². The second kappa shape index (κ2) is 21.3. The molecule has 0 aromatic carbocycles. The van der Waals surface area contributed by atoms with E-state index in [1.165, 1.54) is 12.5 Å². The van der Waals surface area contributed by atoms with Gasteiger partial charge in [-0.2, -0.15) is 0 Å². The minimum absolute atomic E-state index is 0.00666. The minimum atomic E-state index is -1.79. The van der Waals surface area contributed by atoms with Crippen molar-refractivity contribution < 1.29 is 109 Å². The van der Waals surface area contributed by atoms with Crippen LogP contribution in [0.15, 0.2) is 11.6 Å². The molecule has 14 N–H and O–H groups in total. The maximum absolute atomic E-state index is 12.1. The van der Waals surface area contributed by atoms with E-state index in [0.717, 1.165) is 32.1 Å². The van der Waals surface area contributed by atoms with Gasteiger partial charge >= 0.3 is 0 Å². The van der Waals surface area contributed by atoms with Gasteiger partial charge in [-0.25, -0.2) is 0 Å². The van der Waals surface area contributed by atoms with Crippen LogP contribution in [0.4, 0.5) is 0 Å². The molecule has 432 valence electrons. The van der Waals surface area contributed by atoms with Crippen molar-refractivity contribution in [2.24, 2.45) is 50.2 Å². The van der Waals surface area contributed by atoms with Gasteiger partial charge in [-0.15, -0.1) is 0 Å². The molecule has 75 heavy (non-hydrogen) atoms. The molecule has 9 rings (SSSR count). The average molecular weight is 1080 g/mol. The molecule has 0 aromatic heterocycles. The van der Waals surface area contributed by atoms with Crippen LogP contribution in [0, 0.1) is 50.2 Å². The van der Waals surface area contributed by atoms with Crippen LogP contribution in [-0.4, -0.2) is 233 Å². The van der Waals surface area contributed by atoms with Crippen molar-refractivity contribution in [3.8, 4) is 0 Å². The highest BCUT2D eigenvalue weighted by Gasteiger charge is 2.70. The monoisotopic (exact) mass is 1080 g/mol. The largest absolute Gasteiger partial charge is 0.396 e. The van der Waals surface area contributed by atoms with Crippen LogP contribution in [0.1, 0.15) is 106 Å². The lowest BCUT2D eigenvalue weighted by Crippen LogP contribution is -2.68. The molecule has 4 saturated carbocycles. The standard InChI is InChI=1S/C53H88O22/c1-23-33(59)37(63)41(67)45(70-23)74-42-34(60)26(57)20-68-46(42)75-43-39(65)36(62)28(19-55)72-47(43)73-32-11-12-50(4)29(51(32,5)21-56)10-13-53(7)30(50)9-8-24-25-16-48(2,17-31(58)49(25,3)14-15-52(24,53)6)22-69-44-40(66)38(64)35(61)27(18-54)71-44/h8,23,25-47,54-67H,9-22H2,1-7H3/t23-,25-,26+,27+,28+,29+,30+,31+,32-,33-,34-,35+,36+,37+,38-,39-,40+,41+,42+,43+,44+,45-,46-,47-,48-,49+,50-,51-,52+,53+/m0/s1. The third-order valence-electron chi connectivity index (χ3n) is 21.5. The molecule has 30 atom stereocenters. The highest BCUT2D eigenvalue weighted by Crippen LogP contribution is 2.76. The molecule has 0 unspecified atom stereocenters. The summed E-state index contributed by atoms with van der Waals surface area (Å²) in [5.41, 5.74) is -1.32. The Hall–Kier alpha value is -1.14. The van der Waals surface area contributed by atoms with Crippen molar-refractivity contribution in [2.45, 2.75) is 235 Å². The molecule has 0 amide bonds. The smallest absolute Gasteiger partial charge is 0.187 e. The maximum atomic E-state index is 12.1. The Morgan fingerprint density at radius 3 is 1.85 bits per heavy atom. The Morgan fingerprint density at radius 1 is 0.573 bits per heavy atom. The molecule has 22 heteroatoms. The highest BCUT2D eigenvalue weighted by molar-refractivity contribution is 5.34. The van der Waals surface area contributed by atoms with Crippen LogP contribution in [0.3, 0.4) is 0 Å². The second-order valence-corrected chi connectivity index (χ2v) is 25.8. The van der Waals surface area contributed by atoms with Crippen LogP contribution in [0.25, 0.3) is 0 Å². The van der Waals surface area contributed by atoms with Gasteiger partial charge in [0.2, 0.25) is 0 Å². The summed E-state index contributed by atoms with van der Waals surface area (Å²) in [6.07, 6.45) is -21.6. The first-order valence-electron chi connectivity index (χ1n) is 27.3. The van der Waals surface area contributed by atoms with Gasteiger partial charge in [0.05, 0.1) is 51.3 Å². The fourth-order valence-corrected chi connectivity index (χ4v) is 16.3. The van der Waals surface area contributed by atoms with Crippen molar-refractivity contribution in [2.75, 3.05) is 33.0 Å². The molecular weight excluding hydrogens is 989 g/mol. The summed E-state index contributed by atoms with van der Waals surface area (Å²) in [5, 5.41) is 152. The number of aliphatic hydroxyl groups excluding tert-OH is 14.